The highest BCUT2D eigenvalue weighted by atomic mass is 19.4. The topological polar surface area (TPSA) is 68.3 Å². The predicted molar refractivity (Wildman–Crippen MR) is 87.7 cm³/mol. The second-order valence-corrected chi connectivity index (χ2v) is 6.90. The van der Waals surface area contributed by atoms with Gasteiger partial charge >= 0.3 is 6.18 Å². The van der Waals surface area contributed by atoms with E-state index in [9.17, 15) is 18.0 Å². The van der Waals surface area contributed by atoms with E-state index in [1.165, 1.54) is 18.4 Å². The van der Waals surface area contributed by atoms with Crippen LogP contribution in [0.1, 0.15) is 54.1 Å². The third kappa shape index (κ3) is 4.63. The average molecular weight is 354 g/mol. The van der Waals surface area contributed by atoms with Crippen molar-refractivity contribution < 1.29 is 22.4 Å². The summed E-state index contributed by atoms with van der Waals surface area (Å²) in [5.41, 5.74) is 4.87. The standard InChI is InChI=1S/C18H21F3N2O2/c1-17(2,3)15(11-5-4-6-13(7-11)18(19,20)21)23-16(24)12-8-14(9-22)25-10-12/h4-8,10,15H,9,22H2,1-3H3,(H,23,24). The smallest absolute Gasteiger partial charge is 0.416 e. The zero-order valence-corrected chi connectivity index (χ0v) is 14.3. The highest BCUT2D eigenvalue weighted by molar-refractivity contribution is 5.94. The lowest BCUT2D eigenvalue weighted by molar-refractivity contribution is -0.137. The van der Waals surface area contributed by atoms with E-state index in [0.29, 0.717) is 11.3 Å². The summed E-state index contributed by atoms with van der Waals surface area (Å²) < 4.78 is 44.1. The molecular weight excluding hydrogens is 333 g/mol. The molecule has 0 spiro atoms. The van der Waals surface area contributed by atoms with Crippen LogP contribution in [0.5, 0.6) is 0 Å². The molecule has 0 saturated heterocycles. The Labute approximate surface area is 144 Å². The molecule has 2 aromatic rings. The molecule has 1 unspecified atom stereocenters. The summed E-state index contributed by atoms with van der Waals surface area (Å²) in [6, 6.07) is 5.89. The molecule has 136 valence electrons. The van der Waals surface area contributed by atoms with Crippen molar-refractivity contribution in [3.05, 3.63) is 59.0 Å². The van der Waals surface area contributed by atoms with Crippen molar-refractivity contribution in [3.63, 3.8) is 0 Å². The molecule has 0 aliphatic rings. The summed E-state index contributed by atoms with van der Waals surface area (Å²) in [7, 11) is 0. The van der Waals surface area contributed by atoms with E-state index in [2.05, 4.69) is 5.32 Å². The van der Waals surface area contributed by atoms with Crippen LogP contribution in [0.3, 0.4) is 0 Å². The van der Waals surface area contributed by atoms with E-state index in [4.69, 9.17) is 10.2 Å². The van der Waals surface area contributed by atoms with Gasteiger partial charge in [0.1, 0.15) is 12.0 Å². The van der Waals surface area contributed by atoms with Crippen LogP contribution < -0.4 is 11.1 Å². The number of rotatable bonds is 4. The number of furan rings is 1. The Morgan fingerprint density at radius 1 is 1.24 bits per heavy atom. The summed E-state index contributed by atoms with van der Waals surface area (Å²) >= 11 is 0. The van der Waals surface area contributed by atoms with Crippen LogP contribution in [0.4, 0.5) is 13.2 Å². The van der Waals surface area contributed by atoms with Gasteiger partial charge in [-0.25, -0.2) is 0 Å². The van der Waals surface area contributed by atoms with Gasteiger partial charge in [0, 0.05) is 0 Å². The van der Waals surface area contributed by atoms with Gasteiger partial charge in [-0.05, 0) is 29.2 Å². The molecule has 0 fully saturated rings. The van der Waals surface area contributed by atoms with E-state index >= 15 is 0 Å². The Bertz CT molecular complexity index is 745. The van der Waals surface area contributed by atoms with Gasteiger partial charge in [-0.3, -0.25) is 4.79 Å². The van der Waals surface area contributed by atoms with Crippen molar-refractivity contribution in [2.75, 3.05) is 0 Å². The number of halogens is 3. The number of nitrogens with one attached hydrogen (secondary N) is 1. The number of alkyl halides is 3. The van der Waals surface area contributed by atoms with Crippen LogP contribution in [-0.2, 0) is 12.7 Å². The molecular formula is C18H21F3N2O2. The summed E-state index contributed by atoms with van der Waals surface area (Å²) in [5.74, 6) is 0.0253. The number of benzene rings is 1. The van der Waals surface area contributed by atoms with Crippen LogP contribution in [-0.4, -0.2) is 5.91 Å². The lowest BCUT2D eigenvalue weighted by atomic mass is 9.81. The third-order valence-corrected chi connectivity index (χ3v) is 3.81. The molecule has 0 saturated carbocycles. The molecule has 7 heteroatoms. The number of carbonyl (C=O) groups excluding carboxylic acids is 1. The molecule has 1 amide bonds. The van der Waals surface area contributed by atoms with E-state index in [1.807, 2.05) is 20.8 Å². The monoisotopic (exact) mass is 354 g/mol. The van der Waals surface area contributed by atoms with Gasteiger partial charge in [-0.15, -0.1) is 0 Å². The van der Waals surface area contributed by atoms with Gasteiger partial charge in [0.05, 0.1) is 23.7 Å². The van der Waals surface area contributed by atoms with Gasteiger partial charge in [0.15, 0.2) is 0 Å². The summed E-state index contributed by atoms with van der Waals surface area (Å²) in [4.78, 5) is 12.5. The first-order valence-electron chi connectivity index (χ1n) is 7.78. The number of amides is 1. The third-order valence-electron chi connectivity index (χ3n) is 3.81. The van der Waals surface area contributed by atoms with E-state index in [0.717, 1.165) is 12.1 Å². The minimum absolute atomic E-state index is 0.156. The van der Waals surface area contributed by atoms with E-state index < -0.39 is 29.1 Å². The Balaban J connectivity index is 2.33. The minimum Gasteiger partial charge on any atom is -0.467 e. The SMILES string of the molecule is CC(C)(C)C(NC(=O)c1coc(CN)c1)c1cccc(C(F)(F)F)c1. The zero-order chi connectivity index (χ0) is 18.8. The first-order chi connectivity index (χ1) is 11.5. The fourth-order valence-corrected chi connectivity index (χ4v) is 2.52. The number of hydrogen-bond acceptors (Lipinski definition) is 3. The maximum atomic E-state index is 13.0. The van der Waals surface area contributed by atoms with Gasteiger partial charge in [-0.1, -0.05) is 32.9 Å². The largest absolute Gasteiger partial charge is 0.467 e. The first kappa shape index (κ1) is 19.1. The molecule has 0 bridgehead atoms. The van der Waals surface area contributed by atoms with Crippen molar-refractivity contribution in [1.82, 2.24) is 5.32 Å². The number of nitrogens with two attached hydrogens (primary N) is 1. The van der Waals surface area contributed by atoms with Gasteiger partial charge in [0.25, 0.3) is 5.91 Å². The Morgan fingerprint density at radius 3 is 2.44 bits per heavy atom. The minimum atomic E-state index is -4.44. The van der Waals surface area contributed by atoms with Crippen molar-refractivity contribution in [2.45, 2.75) is 39.5 Å². The summed E-state index contributed by atoms with van der Waals surface area (Å²) in [6.45, 7) is 5.69. The first-order valence-corrected chi connectivity index (χ1v) is 7.78. The molecule has 2 rings (SSSR count). The van der Waals surface area contributed by atoms with E-state index in [-0.39, 0.29) is 12.1 Å². The maximum Gasteiger partial charge on any atom is 0.416 e. The molecule has 1 aromatic carbocycles. The van der Waals surface area contributed by atoms with Crippen molar-refractivity contribution in [3.8, 4) is 0 Å². The molecule has 1 aromatic heterocycles. The fraction of sp³-hybridized carbons (Fsp3) is 0.389. The van der Waals surface area contributed by atoms with Crippen molar-refractivity contribution in [1.29, 1.82) is 0 Å². The lowest BCUT2D eigenvalue weighted by Gasteiger charge is -2.32. The van der Waals surface area contributed by atoms with Crippen molar-refractivity contribution >= 4 is 5.91 Å². The van der Waals surface area contributed by atoms with Crippen LogP contribution in [0.15, 0.2) is 41.0 Å². The molecule has 3 N–H and O–H groups in total. The maximum absolute atomic E-state index is 13.0. The average Bonchev–Trinajstić information content (AvgIpc) is 2.99. The molecule has 25 heavy (non-hydrogen) atoms. The number of carbonyl (C=O) groups is 1. The van der Waals surface area contributed by atoms with Gasteiger partial charge < -0.3 is 15.5 Å². The van der Waals surface area contributed by atoms with Gasteiger partial charge in [-0.2, -0.15) is 13.2 Å². The summed E-state index contributed by atoms with van der Waals surface area (Å²) in [5, 5.41) is 2.80. The molecule has 0 aliphatic heterocycles. The lowest BCUT2D eigenvalue weighted by Crippen LogP contribution is -2.36. The molecule has 1 heterocycles. The van der Waals surface area contributed by atoms with E-state index in [1.54, 1.807) is 6.07 Å². The summed E-state index contributed by atoms with van der Waals surface area (Å²) in [6.07, 6.45) is -3.16. The highest BCUT2D eigenvalue weighted by Gasteiger charge is 2.33. The molecule has 0 radical (unpaired) electrons. The number of hydrogen-bond donors (Lipinski definition) is 2. The van der Waals surface area contributed by atoms with Gasteiger partial charge in [0.2, 0.25) is 0 Å². The fourth-order valence-electron chi connectivity index (χ4n) is 2.52. The predicted octanol–water partition coefficient (Wildman–Crippen LogP) is 4.27. The normalized spacial score (nSPS) is 13.6. The van der Waals surface area contributed by atoms with Crippen molar-refractivity contribution in [2.24, 2.45) is 11.1 Å². The Hall–Kier alpha value is -2.28. The van der Waals surface area contributed by atoms with Crippen LogP contribution in [0.25, 0.3) is 0 Å². The second kappa shape index (κ2) is 6.92. The zero-order valence-electron chi connectivity index (χ0n) is 14.3. The molecule has 4 nitrogen and oxygen atoms in total. The Kier molecular flexibility index (Phi) is 5.27. The highest BCUT2D eigenvalue weighted by Crippen LogP contribution is 2.36. The quantitative estimate of drug-likeness (QED) is 0.861. The second-order valence-electron chi connectivity index (χ2n) is 6.90. The molecule has 1 atom stereocenters. The van der Waals surface area contributed by atoms with Crippen LogP contribution >= 0.6 is 0 Å². The van der Waals surface area contributed by atoms with Crippen LogP contribution in [0.2, 0.25) is 0 Å². The van der Waals surface area contributed by atoms with Crippen LogP contribution in [0, 0.1) is 5.41 Å². The Morgan fingerprint density at radius 2 is 1.92 bits per heavy atom. The molecule has 0 aliphatic carbocycles.